The number of rotatable bonds is 3. The molecule has 1 atom stereocenters. The first kappa shape index (κ1) is 15.3. The van der Waals surface area contributed by atoms with Gasteiger partial charge in [0.25, 0.3) is 5.91 Å². The van der Waals surface area contributed by atoms with Crippen LogP contribution in [0.1, 0.15) is 22.8 Å². The molecule has 0 radical (unpaired) electrons. The van der Waals surface area contributed by atoms with Gasteiger partial charge in [0.2, 0.25) is 0 Å². The second-order valence-electron chi connectivity index (χ2n) is 5.12. The van der Waals surface area contributed by atoms with E-state index in [1.165, 1.54) is 16.9 Å². The van der Waals surface area contributed by atoms with Crippen LogP contribution in [0.2, 0.25) is 0 Å². The number of nitrogens with zero attached hydrogens (tertiary/aromatic N) is 4. The van der Waals surface area contributed by atoms with Crippen LogP contribution in [0.25, 0.3) is 0 Å². The van der Waals surface area contributed by atoms with Crippen LogP contribution in [0.3, 0.4) is 0 Å². The number of ether oxygens (including phenoxy) is 1. The summed E-state index contributed by atoms with van der Waals surface area (Å²) in [5.41, 5.74) is 0.154. The summed E-state index contributed by atoms with van der Waals surface area (Å²) in [6.07, 6.45) is -0.976. The van der Waals surface area contributed by atoms with Gasteiger partial charge < -0.3 is 9.64 Å². The van der Waals surface area contributed by atoms with Crippen molar-refractivity contribution in [2.45, 2.75) is 18.8 Å². The molecular weight excluding hydrogens is 313 g/mol. The Morgan fingerprint density at radius 1 is 1.26 bits per heavy atom. The van der Waals surface area contributed by atoms with Crippen molar-refractivity contribution in [3.63, 3.8) is 0 Å². The van der Waals surface area contributed by atoms with E-state index in [1.54, 1.807) is 17.3 Å². The molecule has 0 spiro atoms. The van der Waals surface area contributed by atoms with Gasteiger partial charge in [-0.25, -0.2) is 0 Å². The Hall–Kier alpha value is -2.58. The van der Waals surface area contributed by atoms with E-state index in [0.717, 1.165) is 12.1 Å². The van der Waals surface area contributed by atoms with Crippen LogP contribution in [0.15, 0.2) is 36.7 Å². The molecule has 23 heavy (non-hydrogen) atoms. The second kappa shape index (κ2) is 5.90. The Balaban J connectivity index is 1.70. The molecule has 3 rings (SSSR count). The predicted molar refractivity (Wildman–Crippen MR) is 72.7 cm³/mol. The second-order valence-corrected chi connectivity index (χ2v) is 5.12. The maximum absolute atomic E-state index is 12.4. The van der Waals surface area contributed by atoms with Crippen molar-refractivity contribution < 1.29 is 22.7 Å². The van der Waals surface area contributed by atoms with E-state index in [4.69, 9.17) is 0 Å². The summed E-state index contributed by atoms with van der Waals surface area (Å²) in [6, 6.07) is 5.05. The van der Waals surface area contributed by atoms with Gasteiger partial charge in [-0.1, -0.05) is 6.07 Å². The summed E-state index contributed by atoms with van der Waals surface area (Å²) in [7, 11) is 0. The molecule has 0 N–H and O–H groups in total. The minimum absolute atomic E-state index is 0.0245. The van der Waals surface area contributed by atoms with Crippen molar-refractivity contribution in [3.05, 3.63) is 42.2 Å². The molecule has 1 fully saturated rings. The van der Waals surface area contributed by atoms with Gasteiger partial charge in [0.15, 0.2) is 0 Å². The van der Waals surface area contributed by atoms with Crippen LogP contribution < -0.4 is 4.74 Å². The lowest BCUT2D eigenvalue weighted by Crippen LogP contribution is -2.29. The lowest BCUT2D eigenvalue weighted by Gasteiger charge is -2.17. The number of carbonyl (C=O) groups is 1. The minimum atomic E-state index is -4.79. The number of halogens is 3. The molecule has 1 aromatic carbocycles. The van der Waals surface area contributed by atoms with E-state index in [-0.39, 0.29) is 17.5 Å². The van der Waals surface area contributed by atoms with Crippen LogP contribution in [-0.2, 0) is 0 Å². The van der Waals surface area contributed by atoms with E-state index >= 15 is 0 Å². The van der Waals surface area contributed by atoms with E-state index in [1.807, 2.05) is 0 Å². The number of alkyl halides is 3. The molecule has 0 aliphatic carbocycles. The van der Waals surface area contributed by atoms with Crippen LogP contribution in [0, 0.1) is 0 Å². The fraction of sp³-hybridized carbons (Fsp3) is 0.357. The van der Waals surface area contributed by atoms with Gasteiger partial charge in [-0.05, 0) is 24.6 Å². The van der Waals surface area contributed by atoms with E-state index in [2.05, 4.69) is 14.9 Å². The Labute approximate surface area is 129 Å². The van der Waals surface area contributed by atoms with E-state index < -0.39 is 12.1 Å². The third-order valence-corrected chi connectivity index (χ3v) is 3.53. The van der Waals surface area contributed by atoms with Crippen molar-refractivity contribution >= 4 is 5.91 Å². The maximum Gasteiger partial charge on any atom is 0.573 e. The van der Waals surface area contributed by atoms with Crippen molar-refractivity contribution in [1.29, 1.82) is 0 Å². The highest BCUT2D eigenvalue weighted by molar-refractivity contribution is 5.94. The lowest BCUT2D eigenvalue weighted by atomic mass is 10.2. The summed E-state index contributed by atoms with van der Waals surface area (Å²) in [6.45, 7) is 0.910. The van der Waals surface area contributed by atoms with E-state index in [9.17, 15) is 18.0 Å². The number of benzene rings is 1. The molecule has 0 saturated carbocycles. The number of hydrogen-bond donors (Lipinski definition) is 0. The summed E-state index contributed by atoms with van der Waals surface area (Å²) < 4.78 is 40.6. The monoisotopic (exact) mass is 326 g/mol. The van der Waals surface area contributed by atoms with Crippen LogP contribution in [-0.4, -0.2) is 45.3 Å². The number of amides is 1. The van der Waals surface area contributed by atoms with Crippen molar-refractivity contribution in [2.75, 3.05) is 13.1 Å². The number of aromatic nitrogens is 3. The van der Waals surface area contributed by atoms with Crippen molar-refractivity contribution in [3.8, 4) is 5.75 Å². The molecule has 1 aliphatic rings. The van der Waals surface area contributed by atoms with Gasteiger partial charge in [0, 0.05) is 18.7 Å². The Bertz CT molecular complexity index is 688. The zero-order valence-corrected chi connectivity index (χ0v) is 11.9. The normalized spacial score (nSPS) is 18.2. The molecular formula is C14H13F3N4O2. The largest absolute Gasteiger partial charge is 0.573 e. The van der Waals surface area contributed by atoms with Crippen molar-refractivity contribution in [1.82, 2.24) is 19.9 Å². The lowest BCUT2D eigenvalue weighted by molar-refractivity contribution is -0.274. The topological polar surface area (TPSA) is 60.2 Å². The fourth-order valence-corrected chi connectivity index (χ4v) is 2.54. The van der Waals surface area contributed by atoms with Crippen LogP contribution in [0.4, 0.5) is 13.2 Å². The van der Waals surface area contributed by atoms with Gasteiger partial charge in [-0.3, -0.25) is 4.79 Å². The average molecular weight is 326 g/mol. The average Bonchev–Trinajstić information content (AvgIpc) is 3.16. The van der Waals surface area contributed by atoms with Crippen molar-refractivity contribution in [2.24, 2.45) is 0 Å². The predicted octanol–water partition coefficient (Wildman–Crippen LogP) is 2.26. The highest BCUT2D eigenvalue weighted by atomic mass is 19.4. The van der Waals surface area contributed by atoms with Gasteiger partial charge in [-0.2, -0.15) is 15.0 Å². The third-order valence-electron chi connectivity index (χ3n) is 3.53. The third kappa shape index (κ3) is 3.61. The molecule has 122 valence electrons. The highest BCUT2D eigenvalue weighted by Gasteiger charge is 2.32. The van der Waals surface area contributed by atoms with Crippen LogP contribution >= 0.6 is 0 Å². The minimum Gasteiger partial charge on any atom is -0.406 e. The molecule has 1 amide bonds. The number of carbonyl (C=O) groups excluding carboxylic acids is 1. The summed E-state index contributed by atoms with van der Waals surface area (Å²) in [5.74, 6) is -0.750. The summed E-state index contributed by atoms with van der Waals surface area (Å²) in [5, 5.41) is 8.08. The molecule has 1 aromatic heterocycles. The Morgan fingerprint density at radius 2 is 2.00 bits per heavy atom. The first-order chi connectivity index (χ1) is 10.9. The maximum atomic E-state index is 12.4. The van der Waals surface area contributed by atoms with Gasteiger partial charge in [-0.15, -0.1) is 13.2 Å². The zero-order valence-electron chi connectivity index (χ0n) is 11.9. The molecule has 2 heterocycles. The molecule has 6 nitrogen and oxygen atoms in total. The fourth-order valence-electron chi connectivity index (χ4n) is 2.54. The molecule has 0 bridgehead atoms. The number of hydrogen-bond acceptors (Lipinski definition) is 4. The molecule has 1 saturated heterocycles. The standard InChI is InChI=1S/C14H13F3N4O2/c15-14(16,17)23-12-3-1-2-10(8-12)13(22)20-7-4-11(9-20)21-18-5-6-19-21/h1-3,5-6,8,11H,4,7,9H2. The summed E-state index contributed by atoms with van der Waals surface area (Å²) in [4.78, 5) is 15.5. The first-order valence-corrected chi connectivity index (χ1v) is 6.93. The quantitative estimate of drug-likeness (QED) is 0.868. The first-order valence-electron chi connectivity index (χ1n) is 6.93. The van der Waals surface area contributed by atoms with Crippen LogP contribution in [0.5, 0.6) is 5.75 Å². The summed E-state index contributed by atoms with van der Waals surface area (Å²) >= 11 is 0. The smallest absolute Gasteiger partial charge is 0.406 e. The van der Waals surface area contributed by atoms with Gasteiger partial charge in [0.05, 0.1) is 18.4 Å². The Kier molecular flexibility index (Phi) is 3.93. The zero-order chi connectivity index (χ0) is 16.4. The molecule has 9 heteroatoms. The highest BCUT2D eigenvalue weighted by Crippen LogP contribution is 2.26. The van der Waals surface area contributed by atoms with Gasteiger partial charge >= 0.3 is 6.36 Å². The molecule has 1 unspecified atom stereocenters. The SMILES string of the molecule is O=C(c1cccc(OC(F)(F)F)c1)N1CCC(n2nccn2)C1. The van der Waals surface area contributed by atoms with E-state index in [0.29, 0.717) is 19.5 Å². The Morgan fingerprint density at radius 3 is 2.70 bits per heavy atom. The number of likely N-dealkylation sites (tertiary alicyclic amines) is 1. The molecule has 1 aliphatic heterocycles. The molecule has 2 aromatic rings. The van der Waals surface area contributed by atoms with Gasteiger partial charge in [0.1, 0.15) is 5.75 Å².